The van der Waals surface area contributed by atoms with Crippen LogP contribution in [0.2, 0.25) is 15.1 Å². The first-order valence-electron chi connectivity index (χ1n) is 8.24. The van der Waals surface area contributed by atoms with Gasteiger partial charge in [-0.15, -0.1) is 0 Å². The van der Waals surface area contributed by atoms with E-state index >= 15 is 0 Å². The number of halogens is 3. The van der Waals surface area contributed by atoms with Crippen LogP contribution in [0.3, 0.4) is 0 Å². The SMILES string of the molecule is O=C(c1ccc(Cl)cc1Cl)N(Cc1ccccn1)c1nc2ccc(Cl)cc2s1. The lowest BCUT2D eigenvalue weighted by molar-refractivity contribution is 0.0985. The second-order valence-corrected chi connectivity index (χ2v) is 8.23. The van der Waals surface area contributed by atoms with Gasteiger partial charge in [0.25, 0.3) is 5.91 Å². The zero-order valence-corrected chi connectivity index (χ0v) is 17.4. The van der Waals surface area contributed by atoms with Gasteiger partial charge in [-0.1, -0.05) is 52.2 Å². The summed E-state index contributed by atoms with van der Waals surface area (Å²) in [6.07, 6.45) is 1.69. The van der Waals surface area contributed by atoms with Gasteiger partial charge in [0, 0.05) is 16.2 Å². The molecule has 1 amide bonds. The molecule has 0 aliphatic heterocycles. The molecule has 4 aromatic rings. The summed E-state index contributed by atoms with van der Waals surface area (Å²) in [4.78, 5) is 23.8. The van der Waals surface area contributed by atoms with Crippen LogP contribution in [0.25, 0.3) is 10.2 Å². The summed E-state index contributed by atoms with van der Waals surface area (Å²) in [6, 6.07) is 15.8. The molecular formula is C20H12Cl3N3OS. The molecule has 0 saturated heterocycles. The minimum atomic E-state index is -0.280. The summed E-state index contributed by atoms with van der Waals surface area (Å²) in [6.45, 7) is 0.256. The van der Waals surface area contributed by atoms with Crippen LogP contribution >= 0.6 is 46.1 Å². The number of carbonyl (C=O) groups is 1. The zero-order valence-electron chi connectivity index (χ0n) is 14.3. The molecule has 0 aliphatic carbocycles. The van der Waals surface area contributed by atoms with Gasteiger partial charge >= 0.3 is 0 Å². The van der Waals surface area contributed by atoms with Gasteiger partial charge in [-0.05, 0) is 48.5 Å². The van der Waals surface area contributed by atoms with Crippen LogP contribution < -0.4 is 4.90 Å². The van der Waals surface area contributed by atoms with E-state index in [1.165, 1.54) is 11.3 Å². The Balaban J connectivity index is 1.79. The maximum atomic E-state index is 13.3. The molecule has 2 heterocycles. The lowest BCUT2D eigenvalue weighted by Gasteiger charge is -2.20. The fourth-order valence-electron chi connectivity index (χ4n) is 2.69. The number of amides is 1. The minimum Gasteiger partial charge on any atom is -0.278 e. The van der Waals surface area contributed by atoms with Crippen molar-refractivity contribution in [1.82, 2.24) is 9.97 Å². The molecule has 140 valence electrons. The number of carbonyl (C=O) groups excluding carboxylic acids is 1. The van der Waals surface area contributed by atoms with Crippen molar-refractivity contribution in [2.75, 3.05) is 4.90 Å². The average Bonchev–Trinajstić information content (AvgIpc) is 3.09. The molecule has 0 atom stereocenters. The Morgan fingerprint density at radius 3 is 2.54 bits per heavy atom. The van der Waals surface area contributed by atoms with Crippen molar-refractivity contribution in [2.24, 2.45) is 0 Å². The van der Waals surface area contributed by atoms with E-state index in [0.717, 1.165) is 15.9 Å². The molecule has 0 bridgehead atoms. The van der Waals surface area contributed by atoms with Crippen molar-refractivity contribution < 1.29 is 4.79 Å². The van der Waals surface area contributed by atoms with Crippen LogP contribution in [0.15, 0.2) is 60.8 Å². The number of hydrogen-bond acceptors (Lipinski definition) is 4. The number of nitrogens with zero attached hydrogens (tertiary/aromatic N) is 3. The quantitative estimate of drug-likeness (QED) is 0.358. The van der Waals surface area contributed by atoms with E-state index in [0.29, 0.717) is 20.7 Å². The van der Waals surface area contributed by atoms with Gasteiger partial charge in [0.15, 0.2) is 5.13 Å². The number of benzene rings is 2. The highest BCUT2D eigenvalue weighted by atomic mass is 35.5. The molecule has 0 spiro atoms. The number of pyridine rings is 1. The topological polar surface area (TPSA) is 46.1 Å². The van der Waals surface area contributed by atoms with Gasteiger partial charge in [-0.2, -0.15) is 0 Å². The highest BCUT2D eigenvalue weighted by molar-refractivity contribution is 7.22. The van der Waals surface area contributed by atoms with Crippen LogP contribution in [0, 0.1) is 0 Å². The van der Waals surface area contributed by atoms with Crippen LogP contribution in [0.1, 0.15) is 16.1 Å². The van der Waals surface area contributed by atoms with Gasteiger partial charge in [0.1, 0.15) is 0 Å². The summed E-state index contributed by atoms with van der Waals surface area (Å²) in [5.41, 5.74) is 1.85. The van der Waals surface area contributed by atoms with Crippen molar-refractivity contribution in [1.29, 1.82) is 0 Å². The summed E-state index contributed by atoms with van der Waals surface area (Å²) in [7, 11) is 0. The standard InChI is InChI=1S/C20H12Cl3N3OS/c21-12-4-6-15(16(23)9-12)19(27)26(11-14-3-1-2-8-24-14)20-25-17-7-5-13(22)10-18(17)28-20/h1-10H,11H2. The number of anilines is 1. The van der Waals surface area contributed by atoms with Crippen molar-refractivity contribution in [3.8, 4) is 0 Å². The smallest absolute Gasteiger partial charge is 0.261 e. The molecule has 4 nitrogen and oxygen atoms in total. The Hall–Kier alpha value is -2.18. The summed E-state index contributed by atoms with van der Waals surface area (Å²) < 4.78 is 0.892. The number of rotatable bonds is 4. The molecule has 4 rings (SSSR count). The molecule has 0 unspecified atom stereocenters. The van der Waals surface area contributed by atoms with Gasteiger partial charge in [0.05, 0.1) is 33.0 Å². The van der Waals surface area contributed by atoms with E-state index in [1.807, 2.05) is 30.3 Å². The van der Waals surface area contributed by atoms with E-state index in [9.17, 15) is 4.79 Å². The maximum absolute atomic E-state index is 13.3. The Bertz CT molecular complexity index is 1160. The van der Waals surface area contributed by atoms with E-state index < -0.39 is 0 Å². The lowest BCUT2D eigenvalue weighted by atomic mass is 10.2. The Morgan fingerprint density at radius 1 is 1.00 bits per heavy atom. The largest absolute Gasteiger partial charge is 0.278 e. The first kappa shape index (κ1) is 19.2. The second-order valence-electron chi connectivity index (χ2n) is 5.95. The molecule has 0 saturated carbocycles. The Morgan fingerprint density at radius 2 is 1.79 bits per heavy atom. The van der Waals surface area contributed by atoms with Crippen LogP contribution in [-0.4, -0.2) is 15.9 Å². The first-order valence-corrected chi connectivity index (χ1v) is 10.2. The molecule has 28 heavy (non-hydrogen) atoms. The third-order valence-electron chi connectivity index (χ3n) is 4.02. The molecule has 2 aromatic carbocycles. The highest BCUT2D eigenvalue weighted by Gasteiger charge is 2.24. The zero-order chi connectivity index (χ0) is 19.7. The summed E-state index contributed by atoms with van der Waals surface area (Å²) in [5.74, 6) is -0.280. The monoisotopic (exact) mass is 447 g/mol. The number of hydrogen-bond donors (Lipinski definition) is 0. The van der Waals surface area contributed by atoms with Gasteiger partial charge in [-0.25, -0.2) is 4.98 Å². The molecule has 0 fully saturated rings. The van der Waals surface area contributed by atoms with Crippen molar-refractivity contribution in [3.05, 3.63) is 87.1 Å². The maximum Gasteiger partial charge on any atom is 0.261 e. The third kappa shape index (κ3) is 3.98. The molecule has 0 N–H and O–H groups in total. The molecule has 8 heteroatoms. The first-order chi connectivity index (χ1) is 13.5. The second kappa shape index (κ2) is 8.05. The van der Waals surface area contributed by atoms with E-state index in [-0.39, 0.29) is 17.5 Å². The van der Waals surface area contributed by atoms with Crippen LogP contribution in [0.5, 0.6) is 0 Å². The van der Waals surface area contributed by atoms with Crippen molar-refractivity contribution >= 4 is 67.4 Å². The molecule has 2 aromatic heterocycles. The highest BCUT2D eigenvalue weighted by Crippen LogP contribution is 2.33. The van der Waals surface area contributed by atoms with Gasteiger partial charge < -0.3 is 0 Å². The van der Waals surface area contributed by atoms with Crippen molar-refractivity contribution in [2.45, 2.75) is 6.54 Å². The minimum absolute atomic E-state index is 0.256. The number of fused-ring (bicyclic) bond motifs is 1. The fraction of sp³-hybridized carbons (Fsp3) is 0.0500. The van der Waals surface area contributed by atoms with E-state index in [1.54, 1.807) is 35.4 Å². The molecule has 0 radical (unpaired) electrons. The normalized spacial score (nSPS) is 11.0. The van der Waals surface area contributed by atoms with Crippen molar-refractivity contribution in [3.63, 3.8) is 0 Å². The Labute approximate surface area is 180 Å². The van der Waals surface area contributed by atoms with Crippen LogP contribution in [-0.2, 0) is 6.54 Å². The van der Waals surface area contributed by atoms with Crippen LogP contribution in [0.4, 0.5) is 5.13 Å². The fourth-order valence-corrected chi connectivity index (χ4v) is 4.42. The summed E-state index contributed by atoms with van der Waals surface area (Å²) in [5, 5.41) is 1.91. The predicted molar refractivity (Wildman–Crippen MR) is 116 cm³/mol. The van der Waals surface area contributed by atoms with Gasteiger partial charge in [0.2, 0.25) is 0 Å². The third-order valence-corrected chi connectivity index (χ3v) is 5.85. The Kier molecular flexibility index (Phi) is 5.51. The lowest BCUT2D eigenvalue weighted by Crippen LogP contribution is -2.31. The molecular weight excluding hydrogens is 437 g/mol. The number of aromatic nitrogens is 2. The van der Waals surface area contributed by atoms with Gasteiger partial charge in [-0.3, -0.25) is 14.7 Å². The summed E-state index contributed by atoms with van der Waals surface area (Å²) >= 11 is 19.7. The predicted octanol–water partition coefficient (Wildman–Crippen LogP) is 6.50. The van der Waals surface area contributed by atoms with E-state index in [2.05, 4.69) is 9.97 Å². The molecule has 0 aliphatic rings. The average molecular weight is 449 g/mol. The number of thiazole rings is 1. The van der Waals surface area contributed by atoms with E-state index in [4.69, 9.17) is 34.8 Å².